The summed E-state index contributed by atoms with van der Waals surface area (Å²) in [5.74, 6) is 0.709. The molecule has 1 aliphatic carbocycles. The molecular weight excluding hydrogens is 254 g/mol. The molecular formula is C17H18ClN. The van der Waals surface area contributed by atoms with Crippen LogP contribution < -0.4 is 5.73 Å². The molecule has 19 heavy (non-hydrogen) atoms. The summed E-state index contributed by atoms with van der Waals surface area (Å²) in [5, 5.41) is 0.774. The Morgan fingerprint density at radius 3 is 2.53 bits per heavy atom. The normalized spacial score (nSPS) is 15.3. The van der Waals surface area contributed by atoms with Gasteiger partial charge in [-0.3, -0.25) is 0 Å². The number of hydrogen-bond acceptors (Lipinski definition) is 1. The Hall–Kier alpha value is -1.31. The van der Waals surface area contributed by atoms with Gasteiger partial charge in [0.05, 0.1) is 0 Å². The molecule has 1 nitrogen and oxygen atoms in total. The number of nitrogens with two attached hydrogens (primary N) is 1. The van der Waals surface area contributed by atoms with Crippen LogP contribution >= 0.6 is 11.6 Å². The molecule has 0 spiro atoms. The van der Waals surface area contributed by atoms with Gasteiger partial charge in [0.25, 0.3) is 0 Å². The second-order valence-electron chi connectivity index (χ2n) is 5.22. The standard InChI is InChI=1S/C17H18ClN/c18-14-9-8-13(11-19)17(10-14)16-7-2-1-6-15(16)12-4-3-5-12/h1-2,6-10,12H,3-5,11,19H2. The molecule has 2 heteroatoms. The molecule has 2 aromatic carbocycles. The molecule has 98 valence electrons. The predicted molar refractivity (Wildman–Crippen MR) is 81.4 cm³/mol. The molecule has 0 amide bonds. The van der Waals surface area contributed by atoms with Crippen molar-refractivity contribution in [3.63, 3.8) is 0 Å². The van der Waals surface area contributed by atoms with Gasteiger partial charge >= 0.3 is 0 Å². The van der Waals surface area contributed by atoms with Gasteiger partial charge in [-0.2, -0.15) is 0 Å². The molecule has 1 saturated carbocycles. The van der Waals surface area contributed by atoms with Crippen molar-refractivity contribution in [2.24, 2.45) is 5.73 Å². The van der Waals surface area contributed by atoms with Crippen LogP contribution in [0.1, 0.15) is 36.3 Å². The zero-order valence-electron chi connectivity index (χ0n) is 10.9. The monoisotopic (exact) mass is 271 g/mol. The maximum Gasteiger partial charge on any atom is 0.0412 e. The van der Waals surface area contributed by atoms with Crippen LogP contribution in [0.2, 0.25) is 5.02 Å². The Kier molecular flexibility index (Phi) is 3.58. The van der Waals surface area contributed by atoms with Crippen LogP contribution in [0.25, 0.3) is 11.1 Å². The Balaban J connectivity index is 2.13. The average Bonchev–Trinajstić information content (AvgIpc) is 2.37. The van der Waals surface area contributed by atoms with E-state index in [0.29, 0.717) is 12.5 Å². The zero-order valence-corrected chi connectivity index (χ0v) is 11.7. The molecule has 0 atom stereocenters. The topological polar surface area (TPSA) is 26.0 Å². The Labute approximate surface area is 119 Å². The number of benzene rings is 2. The molecule has 0 aromatic heterocycles. The van der Waals surface area contributed by atoms with Crippen LogP contribution in [0.5, 0.6) is 0 Å². The number of hydrogen-bond donors (Lipinski definition) is 1. The van der Waals surface area contributed by atoms with Gasteiger partial charge in [0, 0.05) is 11.6 Å². The average molecular weight is 272 g/mol. The van der Waals surface area contributed by atoms with E-state index < -0.39 is 0 Å². The third kappa shape index (κ3) is 2.41. The summed E-state index contributed by atoms with van der Waals surface area (Å²) in [5.41, 5.74) is 11.0. The van der Waals surface area contributed by atoms with Gasteiger partial charge in [-0.05, 0) is 53.1 Å². The molecule has 0 saturated heterocycles. The lowest BCUT2D eigenvalue weighted by atomic mass is 9.77. The fourth-order valence-corrected chi connectivity index (χ4v) is 2.97. The van der Waals surface area contributed by atoms with E-state index in [4.69, 9.17) is 17.3 Å². The smallest absolute Gasteiger partial charge is 0.0412 e. The first-order valence-corrected chi connectivity index (χ1v) is 7.25. The summed E-state index contributed by atoms with van der Waals surface area (Å²) in [6, 6.07) is 14.7. The highest BCUT2D eigenvalue weighted by molar-refractivity contribution is 6.30. The van der Waals surface area contributed by atoms with Crippen molar-refractivity contribution in [2.45, 2.75) is 31.7 Å². The van der Waals surface area contributed by atoms with Crippen molar-refractivity contribution < 1.29 is 0 Å². The molecule has 0 unspecified atom stereocenters. The highest BCUT2D eigenvalue weighted by Crippen LogP contribution is 2.42. The second kappa shape index (κ2) is 5.36. The first-order valence-electron chi connectivity index (χ1n) is 6.87. The van der Waals surface area contributed by atoms with Crippen molar-refractivity contribution in [1.82, 2.24) is 0 Å². The van der Waals surface area contributed by atoms with Gasteiger partial charge in [-0.15, -0.1) is 0 Å². The molecule has 1 aliphatic rings. The largest absolute Gasteiger partial charge is 0.326 e. The zero-order chi connectivity index (χ0) is 13.2. The maximum absolute atomic E-state index is 6.16. The minimum absolute atomic E-state index is 0.547. The molecule has 2 N–H and O–H groups in total. The van der Waals surface area contributed by atoms with Crippen LogP contribution in [-0.2, 0) is 6.54 Å². The lowest BCUT2D eigenvalue weighted by Gasteiger charge is -2.28. The number of rotatable bonds is 3. The first kappa shape index (κ1) is 12.7. The van der Waals surface area contributed by atoms with E-state index in [1.165, 1.54) is 36.0 Å². The van der Waals surface area contributed by atoms with Crippen LogP contribution in [-0.4, -0.2) is 0 Å². The van der Waals surface area contributed by atoms with Crippen LogP contribution in [0.3, 0.4) is 0 Å². The van der Waals surface area contributed by atoms with Crippen molar-refractivity contribution in [2.75, 3.05) is 0 Å². The molecule has 2 aromatic rings. The Morgan fingerprint density at radius 1 is 1.05 bits per heavy atom. The molecule has 0 aliphatic heterocycles. The van der Waals surface area contributed by atoms with Crippen LogP contribution in [0.4, 0.5) is 0 Å². The second-order valence-corrected chi connectivity index (χ2v) is 5.66. The Bertz CT molecular complexity index is 588. The lowest BCUT2D eigenvalue weighted by molar-refractivity contribution is 0.420. The fraction of sp³-hybridized carbons (Fsp3) is 0.294. The summed E-state index contributed by atoms with van der Waals surface area (Å²) >= 11 is 6.16. The molecule has 0 bridgehead atoms. The highest BCUT2D eigenvalue weighted by atomic mass is 35.5. The van der Waals surface area contributed by atoms with Crippen molar-refractivity contribution >= 4 is 11.6 Å². The molecule has 0 heterocycles. The third-order valence-electron chi connectivity index (χ3n) is 4.09. The minimum atomic E-state index is 0.547. The van der Waals surface area contributed by atoms with Gasteiger partial charge in [-0.1, -0.05) is 48.4 Å². The summed E-state index contributed by atoms with van der Waals surface area (Å²) in [6.07, 6.45) is 3.95. The van der Waals surface area contributed by atoms with Crippen molar-refractivity contribution in [3.8, 4) is 11.1 Å². The fourth-order valence-electron chi connectivity index (χ4n) is 2.79. The maximum atomic E-state index is 6.16. The van der Waals surface area contributed by atoms with Crippen LogP contribution in [0, 0.1) is 0 Å². The van der Waals surface area contributed by atoms with E-state index in [9.17, 15) is 0 Å². The first-order chi connectivity index (χ1) is 9.29. The van der Waals surface area contributed by atoms with Gasteiger partial charge in [0.15, 0.2) is 0 Å². The molecule has 1 fully saturated rings. The van der Waals surface area contributed by atoms with Gasteiger partial charge in [0.1, 0.15) is 0 Å². The van der Waals surface area contributed by atoms with E-state index in [-0.39, 0.29) is 0 Å². The van der Waals surface area contributed by atoms with Crippen LogP contribution in [0.15, 0.2) is 42.5 Å². The molecule has 3 rings (SSSR count). The minimum Gasteiger partial charge on any atom is -0.326 e. The van der Waals surface area contributed by atoms with Crippen molar-refractivity contribution in [3.05, 3.63) is 58.6 Å². The number of halogens is 1. The van der Waals surface area contributed by atoms with Crippen molar-refractivity contribution in [1.29, 1.82) is 0 Å². The quantitative estimate of drug-likeness (QED) is 0.858. The Morgan fingerprint density at radius 2 is 1.84 bits per heavy atom. The van der Waals surface area contributed by atoms with E-state index in [2.05, 4.69) is 24.3 Å². The van der Waals surface area contributed by atoms with Gasteiger partial charge < -0.3 is 5.73 Å². The molecule has 0 radical (unpaired) electrons. The summed E-state index contributed by atoms with van der Waals surface area (Å²) in [7, 11) is 0. The van der Waals surface area contributed by atoms with E-state index >= 15 is 0 Å². The van der Waals surface area contributed by atoms with Gasteiger partial charge in [0.2, 0.25) is 0 Å². The lowest BCUT2D eigenvalue weighted by Crippen LogP contribution is -2.10. The SMILES string of the molecule is NCc1ccc(Cl)cc1-c1ccccc1C1CCC1. The van der Waals surface area contributed by atoms with E-state index in [1.807, 2.05) is 18.2 Å². The third-order valence-corrected chi connectivity index (χ3v) is 4.32. The van der Waals surface area contributed by atoms with Gasteiger partial charge in [-0.25, -0.2) is 0 Å². The van der Waals surface area contributed by atoms with E-state index in [1.54, 1.807) is 0 Å². The van der Waals surface area contributed by atoms with E-state index in [0.717, 1.165) is 10.6 Å². The summed E-state index contributed by atoms with van der Waals surface area (Å²) in [4.78, 5) is 0. The summed E-state index contributed by atoms with van der Waals surface area (Å²) in [6.45, 7) is 0.547. The summed E-state index contributed by atoms with van der Waals surface area (Å²) < 4.78 is 0. The predicted octanol–water partition coefficient (Wildman–Crippen LogP) is 4.73. The highest BCUT2D eigenvalue weighted by Gasteiger charge is 2.22.